The van der Waals surface area contributed by atoms with Crippen LogP contribution < -0.4 is 10.2 Å². The molecule has 5 nitrogen and oxygen atoms in total. The summed E-state index contributed by atoms with van der Waals surface area (Å²) in [7, 11) is 0. The predicted octanol–water partition coefficient (Wildman–Crippen LogP) is 1.83. The normalized spacial score (nSPS) is 18.4. The van der Waals surface area contributed by atoms with Gasteiger partial charge in [-0.05, 0) is 20.3 Å². The highest BCUT2D eigenvalue weighted by molar-refractivity contribution is 5.44. The molecule has 0 amide bonds. The van der Waals surface area contributed by atoms with E-state index in [9.17, 15) is 0 Å². The molecule has 19 heavy (non-hydrogen) atoms. The van der Waals surface area contributed by atoms with Crippen molar-refractivity contribution in [1.82, 2.24) is 14.9 Å². The van der Waals surface area contributed by atoms with Gasteiger partial charge in [0.05, 0.1) is 12.4 Å². The maximum Gasteiger partial charge on any atom is 0.149 e. The minimum absolute atomic E-state index is 0.682. The van der Waals surface area contributed by atoms with Crippen molar-refractivity contribution in [2.24, 2.45) is 0 Å². The van der Waals surface area contributed by atoms with Crippen molar-refractivity contribution < 1.29 is 0 Å². The van der Waals surface area contributed by atoms with E-state index in [1.54, 1.807) is 6.20 Å². The molecule has 1 aromatic rings. The highest BCUT2D eigenvalue weighted by Crippen LogP contribution is 2.16. The van der Waals surface area contributed by atoms with Gasteiger partial charge in [-0.2, -0.15) is 0 Å². The van der Waals surface area contributed by atoms with E-state index in [1.165, 1.54) is 6.42 Å². The first kappa shape index (κ1) is 14.1. The second-order valence-electron chi connectivity index (χ2n) is 5.07. The zero-order chi connectivity index (χ0) is 13.7. The maximum absolute atomic E-state index is 4.61. The topological polar surface area (TPSA) is 44.3 Å². The van der Waals surface area contributed by atoms with Gasteiger partial charge in [0.25, 0.3) is 0 Å². The summed E-state index contributed by atoms with van der Waals surface area (Å²) in [4.78, 5) is 13.8. The molecule has 1 fully saturated rings. The lowest BCUT2D eigenvalue weighted by molar-refractivity contribution is 0.192. The second kappa shape index (κ2) is 6.70. The Morgan fingerprint density at radius 3 is 2.58 bits per heavy atom. The Balaban J connectivity index is 1.95. The van der Waals surface area contributed by atoms with E-state index in [0.717, 1.165) is 44.4 Å². The third kappa shape index (κ3) is 3.56. The molecule has 1 N–H and O–H groups in total. The quantitative estimate of drug-likeness (QED) is 0.878. The van der Waals surface area contributed by atoms with E-state index < -0.39 is 0 Å². The van der Waals surface area contributed by atoms with Gasteiger partial charge in [0.2, 0.25) is 0 Å². The van der Waals surface area contributed by atoms with Gasteiger partial charge in [-0.25, -0.2) is 4.98 Å². The minimum atomic E-state index is 0.682. The Morgan fingerprint density at radius 2 is 1.95 bits per heavy atom. The number of piperazine rings is 1. The van der Waals surface area contributed by atoms with E-state index in [1.807, 2.05) is 6.20 Å². The smallest absolute Gasteiger partial charge is 0.149 e. The molecule has 5 heteroatoms. The highest BCUT2D eigenvalue weighted by Gasteiger charge is 2.21. The molecule has 1 atom stereocenters. The van der Waals surface area contributed by atoms with Crippen LogP contribution in [0.15, 0.2) is 12.4 Å². The number of hydrogen-bond acceptors (Lipinski definition) is 5. The van der Waals surface area contributed by atoms with Gasteiger partial charge in [-0.3, -0.25) is 9.88 Å². The molecule has 1 aliphatic heterocycles. The molecule has 0 aliphatic carbocycles. The first-order chi connectivity index (χ1) is 9.24. The zero-order valence-electron chi connectivity index (χ0n) is 12.3. The van der Waals surface area contributed by atoms with Crippen molar-refractivity contribution in [3.05, 3.63) is 12.4 Å². The fourth-order valence-corrected chi connectivity index (χ4v) is 2.42. The van der Waals surface area contributed by atoms with Crippen molar-refractivity contribution in [3.63, 3.8) is 0 Å². The van der Waals surface area contributed by atoms with Crippen LogP contribution in [-0.4, -0.2) is 53.6 Å². The largest absolute Gasteiger partial charge is 0.369 e. The van der Waals surface area contributed by atoms with Gasteiger partial charge in [0.15, 0.2) is 0 Å². The lowest BCUT2D eigenvalue weighted by Crippen LogP contribution is -2.49. The molecule has 0 spiro atoms. The molecule has 2 rings (SSSR count). The standard InChI is InChI=1S/C14H25N5/c1-4-12(3)18-6-8-19(9-7-18)14-11-15-10-13(17-14)16-5-2/h10-12H,4-9H2,1-3H3,(H,16,17). The van der Waals surface area contributed by atoms with Gasteiger partial charge in [-0.1, -0.05) is 6.92 Å². The summed E-state index contributed by atoms with van der Waals surface area (Å²) in [5.74, 6) is 1.85. The summed E-state index contributed by atoms with van der Waals surface area (Å²) in [6.45, 7) is 11.8. The monoisotopic (exact) mass is 263 g/mol. The molecule has 1 saturated heterocycles. The Hall–Kier alpha value is -1.36. The summed E-state index contributed by atoms with van der Waals surface area (Å²) in [6.07, 6.45) is 4.86. The van der Waals surface area contributed by atoms with E-state index in [2.05, 4.69) is 45.9 Å². The van der Waals surface area contributed by atoms with Crippen molar-refractivity contribution in [2.75, 3.05) is 42.9 Å². The molecule has 1 aromatic heterocycles. The van der Waals surface area contributed by atoms with E-state index in [0.29, 0.717) is 6.04 Å². The average molecular weight is 263 g/mol. The summed E-state index contributed by atoms with van der Waals surface area (Å²) in [5.41, 5.74) is 0. The molecule has 0 bridgehead atoms. The fourth-order valence-electron chi connectivity index (χ4n) is 2.42. The first-order valence-electron chi connectivity index (χ1n) is 7.29. The lowest BCUT2D eigenvalue weighted by atomic mass is 10.2. The summed E-state index contributed by atoms with van der Waals surface area (Å²) >= 11 is 0. The van der Waals surface area contributed by atoms with Crippen LogP contribution in [0.5, 0.6) is 0 Å². The number of anilines is 2. The van der Waals surface area contributed by atoms with Gasteiger partial charge in [-0.15, -0.1) is 0 Å². The molecule has 106 valence electrons. The summed E-state index contributed by atoms with van der Waals surface area (Å²) in [6, 6.07) is 0.682. The SMILES string of the molecule is CCNc1cncc(N2CCN(C(C)CC)CC2)n1. The van der Waals surface area contributed by atoms with E-state index in [4.69, 9.17) is 0 Å². The molecular formula is C14H25N5. The van der Waals surface area contributed by atoms with Gasteiger partial charge in [0.1, 0.15) is 11.6 Å². The molecule has 0 saturated carbocycles. The van der Waals surface area contributed by atoms with Crippen LogP contribution in [0.25, 0.3) is 0 Å². The number of hydrogen-bond donors (Lipinski definition) is 1. The summed E-state index contributed by atoms with van der Waals surface area (Å²) < 4.78 is 0. The molecule has 2 heterocycles. The van der Waals surface area contributed by atoms with Crippen molar-refractivity contribution in [1.29, 1.82) is 0 Å². The predicted molar refractivity (Wildman–Crippen MR) is 79.7 cm³/mol. The Kier molecular flexibility index (Phi) is 4.96. The van der Waals surface area contributed by atoms with E-state index >= 15 is 0 Å². The fraction of sp³-hybridized carbons (Fsp3) is 0.714. The molecule has 1 aliphatic rings. The molecule has 0 radical (unpaired) electrons. The average Bonchev–Trinajstić information content (AvgIpc) is 2.47. The maximum atomic E-state index is 4.61. The third-order valence-electron chi connectivity index (χ3n) is 3.83. The van der Waals surface area contributed by atoms with Crippen LogP contribution in [0.4, 0.5) is 11.6 Å². The Morgan fingerprint density at radius 1 is 1.21 bits per heavy atom. The van der Waals surface area contributed by atoms with Crippen LogP contribution in [0.3, 0.4) is 0 Å². The van der Waals surface area contributed by atoms with Gasteiger partial charge < -0.3 is 10.2 Å². The van der Waals surface area contributed by atoms with Crippen LogP contribution in [0.2, 0.25) is 0 Å². The van der Waals surface area contributed by atoms with Crippen LogP contribution in [-0.2, 0) is 0 Å². The number of aromatic nitrogens is 2. The first-order valence-corrected chi connectivity index (χ1v) is 7.29. The van der Waals surface area contributed by atoms with Crippen LogP contribution in [0, 0.1) is 0 Å². The summed E-state index contributed by atoms with van der Waals surface area (Å²) in [5, 5.41) is 3.21. The van der Waals surface area contributed by atoms with Gasteiger partial charge >= 0.3 is 0 Å². The van der Waals surface area contributed by atoms with E-state index in [-0.39, 0.29) is 0 Å². The molecule has 0 aromatic carbocycles. The van der Waals surface area contributed by atoms with Gasteiger partial charge in [0, 0.05) is 38.8 Å². The number of nitrogens with one attached hydrogen (secondary N) is 1. The van der Waals surface area contributed by atoms with Crippen LogP contribution >= 0.6 is 0 Å². The third-order valence-corrected chi connectivity index (χ3v) is 3.83. The Labute approximate surface area is 116 Å². The zero-order valence-corrected chi connectivity index (χ0v) is 12.3. The molecular weight excluding hydrogens is 238 g/mol. The molecule has 1 unspecified atom stereocenters. The van der Waals surface area contributed by atoms with Crippen LogP contribution in [0.1, 0.15) is 27.2 Å². The van der Waals surface area contributed by atoms with Crippen molar-refractivity contribution in [2.45, 2.75) is 33.2 Å². The minimum Gasteiger partial charge on any atom is -0.369 e. The Bertz CT molecular complexity index is 387. The van der Waals surface area contributed by atoms with Crippen molar-refractivity contribution in [3.8, 4) is 0 Å². The lowest BCUT2D eigenvalue weighted by Gasteiger charge is -2.38. The number of nitrogens with zero attached hydrogens (tertiary/aromatic N) is 4. The van der Waals surface area contributed by atoms with Crippen molar-refractivity contribution >= 4 is 11.6 Å². The number of rotatable bonds is 5. The highest BCUT2D eigenvalue weighted by atomic mass is 15.3. The second-order valence-corrected chi connectivity index (χ2v) is 5.07.